The van der Waals surface area contributed by atoms with Gasteiger partial charge in [-0.05, 0) is 18.6 Å². The molecule has 6 heteroatoms. The fraction of sp³-hybridized carbons (Fsp3) is 0.533. The molecule has 1 aromatic carbocycles. The monoisotopic (exact) mass is 310 g/mol. The van der Waals surface area contributed by atoms with E-state index in [0.717, 1.165) is 6.42 Å². The summed E-state index contributed by atoms with van der Waals surface area (Å²) in [6.45, 7) is 2.77. The SMILES string of the molecule is CC1C(=O)CCC1S(=O)(=O)c1ccc2c(c1)OCCCO2. The molecule has 114 valence electrons. The zero-order valence-electron chi connectivity index (χ0n) is 11.9. The molecule has 1 fully saturated rings. The molecule has 0 N–H and O–H groups in total. The predicted molar refractivity (Wildman–Crippen MR) is 76.4 cm³/mol. The lowest BCUT2D eigenvalue weighted by Gasteiger charge is -2.16. The third kappa shape index (κ3) is 2.52. The highest BCUT2D eigenvalue weighted by Crippen LogP contribution is 2.36. The van der Waals surface area contributed by atoms with Gasteiger partial charge in [-0.25, -0.2) is 8.42 Å². The molecule has 21 heavy (non-hydrogen) atoms. The van der Waals surface area contributed by atoms with Crippen LogP contribution < -0.4 is 9.47 Å². The first-order chi connectivity index (χ1) is 10.00. The van der Waals surface area contributed by atoms with E-state index in [-0.39, 0.29) is 10.7 Å². The molecule has 0 bridgehead atoms. The number of hydrogen-bond acceptors (Lipinski definition) is 5. The first-order valence-electron chi connectivity index (χ1n) is 7.16. The van der Waals surface area contributed by atoms with Gasteiger partial charge in [-0.3, -0.25) is 4.79 Å². The van der Waals surface area contributed by atoms with E-state index in [0.29, 0.717) is 37.6 Å². The minimum absolute atomic E-state index is 0.0259. The highest BCUT2D eigenvalue weighted by molar-refractivity contribution is 7.92. The van der Waals surface area contributed by atoms with Gasteiger partial charge in [0.1, 0.15) is 5.78 Å². The Morgan fingerprint density at radius 2 is 1.86 bits per heavy atom. The smallest absolute Gasteiger partial charge is 0.182 e. The summed E-state index contributed by atoms with van der Waals surface area (Å²) in [6.07, 6.45) is 1.51. The van der Waals surface area contributed by atoms with E-state index in [1.165, 1.54) is 6.07 Å². The molecular formula is C15H18O5S. The first-order valence-corrected chi connectivity index (χ1v) is 8.71. The molecule has 2 aliphatic rings. The van der Waals surface area contributed by atoms with Crippen LogP contribution >= 0.6 is 0 Å². The highest BCUT2D eigenvalue weighted by Gasteiger charge is 2.41. The number of rotatable bonds is 2. The van der Waals surface area contributed by atoms with Crippen molar-refractivity contribution in [1.82, 2.24) is 0 Å². The Labute approximate surface area is 124 Å². The normalized spacial score (nSPS) is 25.7. The molecule has 0 amide bonds. The van der Waals surface area contributed by atoms with Crippen molar-refractivity contribution in [3.63, 3.8) is 0 Å². The largest absolute Gasteiger partial charge is 0.490 e. The van der Waals surface area contributed by atoms with Crippen LogP contribution in [0.3, 0.4) is 0 Å². The zero-order valence-corrected chi connectivity index (χ0v) is 12.7. The molecule has 2 atom stereocenters. The number of ketones is 1. The van der Waals surface area contributed by atoms with Crippen molar-refractivity contribution in [2.75, 3.05) is 13.2 Å². The van der Waals surface area contributed by atoms with Crippen molar-refractivity contribution < 1.29 is 22.7 Å². The predicted octanol–water partition coefficient (Wildman–Crippen LogP) is 1.99. The lowest BCUT2D eigenvalue weighted by molar-refractivity contribution is -0.120. The second-order valence-corrected chi connectivity index (χ2v) is 7.70. The summed E-state index contributed by atoms with van der Waals surface area (Å²) >= 11 is 0. The van der Waals surface area contributed by atoms with Gasteiger partial charge in [-0.1, -0.05) is 6.92 Å². The van der Waals surface area contributed by atoms with Crippen molar-refractivity contribution in [3.05, 3.63) is 18.2 Å². The minimum Gasteiger partial charge on any atom is -0.490 e. The van der Waals surface area contributed by atoms with E-state index in [2.05, 4.69) is 0 Å². The van der Waals surface area contributed by atoms with Gasteiger partial charge in [0, 0.05) is 24.8 Å². The maximum absolute atomic E-state index is 12.7. The maximum atomic E-state index is 12.7. The summed E-state index contributed by atoms with van der Waals surface area (Å²) in [4.78, 5) is 11.8. The molecule has 5 nitrogen and oxygen atoms in total. The molecule has 1 aliphatic heterocycles. The van der Waals surface area contributed by atoms with E-state index < -0.39 is 21.0 Å². The Morgan fingerprint density at radius 1 is 1.14 bits per heavy atom. The number of carbonyl (C=O) groups excluding carboxylic acids is 1. The van der Waals surface area contributed by atoms with Gasteiger partial charge in [0.25, 0.3) is 0 Å². The highest BCUT2D eigenvalue weighted by atomic mass is 32.2. The lowest BCUT2D eigenvalue weighted by Crippen LogP contribution is -2.26. The van der Waals surface area contributed by atoms with Crippen LogP contribution in [-0.4, -0.2) is 32.7 Å². The van der Waals surface area contributed by atoms with E-state index in [1.54, 1.807) is 19.1 Å². The molecular weight excluding hydrogens is 292 g/mol. The van der Waals surface area contributed by atoms with Crippen LogP contribution in [0.5, 0.6) is 11.5 Å². The van der Waals surface area contributed by atoms with E-state index in [1.807, 2.05) is 0 Å². The van der Waals surface area contributed by atoms with Crippen molar-refractivity contribution in [3.8, 4) is 11.5 Å². The summed E-state index contributed by atoms with van der Waals surface area (Å²) in [5, 5.41) is -0.630. The molecule has 1 aromatic rings. The van der Waals surface area contributed by atoms with Gasteiger partial charge in [0.2, 0.25) is 0 Å². The quantitative estimate of drug-likeness (QED) is 0.835. The van der Waals surface area contributed by atoms with E-state index in [9.17, 15) is 13.2 Å². The number of Topliss-reactive ketones (excluding diaryl/α,β-unsaturated/α-hetero) is 1. The molecule has 0 aromatic heterocycles. The standard InChI is InChI=1S/C15H18O5S/c1-10-12(16)4-6-15(10)21(17,18)11-3-5-13-14(9-11)20-8-2-7-19-13/h3,5,9-10,15H,2,4,6-8H2,1H3. The second kappa shape index (κ2) is 5.33. The Morgan fingerprint density at radius 3 is 2.52 bits per heavy atom. The zero-order chi connectivity index (χ0) is 15.0. The summed E-state index contributed by atoms with van der Waals surface area (Å²) < 4.78 is 36.5. The number of ether oxygens (including phenoxy) is 2. The van der Waals surface area contributed by atoms with Crippen LogP contribution in [0.1, 0.15) is 26.2 Å². The molecule has 1 saturated carbocycles. The summed E-state index contributed by atoms with van der Waals surface area (Å²) in [6, 6.07) is 4.69. The molecule has 0 saturated heterocycles. The fourth-order valence-electron chi connectivity index (χ4n) is 2.89. The van der Waals surface area contributed by atoms with Gasteiger partial charge in [-0.2, -0.15) is 0 Å². The summed E-state index contributed by atoms with van der Waals surface area (Å²) in [7, 11) is -3.52. The third-order valence-electron chi connectivity index (χ3n) is 4.19. The number of carbonyl (C=O) groups is 1. The van der Waals surface area contributed by atoms with Crippen LogP contribution in [0.4, 0.5) is 0 Å². The van der Waals surface area contributed by atoms with Crippen LogP contribution in [0.15, 0.2) is 23.1 Å². The number of benzene rings is 1. The molecule has 0 spiro atoms. The maximum Gasteiger partial charge on any atom is 0.182 e. The number of sulfone groups is 1. The van der Waals surface area contributed by atoms with Crippen molar-refractivity contribution in [2.45, 2.75) is 36.3 Å². The van der Waals surface area contributed by atoms with E-state index in [4.69, 9.17) is 9.47 Å². The van der Waals surface area contributed by atoms with Crippen LogP contribution in [0.25, 0.3) is 0 Å². The Bertz CT molecular complexity index is 665. The van der Waals surface area contributed by atoms with Gasteiger partial charge in [0.05, 0.1) is 23.4 Å². The number of fused-ring (bicyclic) bond motifs is 1. The van der Waals surface area contributed by atoms with Gasteiger partial charge < -0.3 is 9.47 Å². The van der Waals surface area contributed by atoms with Crippen molar-refractivity contribution in [2.24, 2.45) is 5.92 Å². The Balaban J connectivity index is 1.96. The first kappa shape index (κ1) is 14.4. The fourth-order valence-corrected chi connectivity index (χ4v) is 4.88. The van der Waals surface area contributed by atoms with Crippen LogP contribution in [0, 0.1) is 5.92 Å². The minimum atomic E-state index is -3.52. The Kier molecular flexibility index (Phi) is 3.65. The van der Waals surface area contributed by atoms with Gasteiger partial charge in [0.15, 0.2) is 21.3 Å². The third-order valence-corrected chi connectivity index (χ3v) is 6.54. The topological polar surface area (TPSA) is 69.7 Å². The molecule has 3 rings (SSSR count). The molecule has 2 unspecified atom stereocenters. The van der Waals surface area contributed by atoms with Crippen LogP contribution in [-0.2, 0) is 14.6 Å². The van der Waals surface area contributed by atoms with Crippen molar-refractivity contribution in [1.29, 1.82) is 0 Å². The van der Waals surface area contributed by atoms with Crippen molar-refractivity contribution >= 4 is 15.6 Å². The van der Waals surface area contributed by atoms with Crippen LogP contribution in [0.2, 0.25) is 0 Å². The summed E-state index contributed by atoms with van der Waals surface area (Å²) in [5.41, 5.74) is 0. The average molecular weight is 310 g/mol. The number of hydrogen-bond donors (Lipinski definition) is 0. The molecule has 1 aliphatic carbocycles. The average Bonchev–Trinajstić information content (AvgIpc) is 2.68. The molecule has 0 radical (unpaired) electrons. The van der Waals surface area contributed by atoms with Gasteiger partial charge in [-0.15, -0.1) is 0 Å². The van der Waals surface area contributed by atoms with Gasteiger partial charge >= 0.3 is 0 Å². The second-order valence-electron chi connectivity index (χ2n) is 5.54. The lowest BCUT2D eigenvalue weighted by atomic mass is 10.1. The van der Waals surface area contributed by atoms with E-state index >= 15 is 0 Å². The summed E-state index contributed by atoms with van der Waals surface area (Å²) in [5.74, 6) is 0.622. The Hall–Kier alpha value is -1.56. The molecule has 1 heterocycles.